The summed E-state index contributed by atoms with van der Waals surface area (Å²) in [4.78, 5) is 21.3. The van der Waals surface area contributed by atoms with Gasteiger partial charge in [-0.2, -0.15) is 4.98 Å². The maximum Gasteiger partial charge on any atom is 0.323 e. The first-order chi connectivity index (χ1) is 16.3. The molecule has 0 radical (unpaired) electrons. The Balaban J connectivity index is 1.38. The number of hydrogen-bond acceptors (Lipinski definition) is 5. The molecule has 0 aliphatic heterocycles. The van der Waals surface area contributed by atoms with Gasteiger partial charge in [-0.15, -0.1) is 0 Å². The predicted molar refractivity (Wildman–Crippen MR) is 140 cm³/mol. The van der Waals surface area contributed by atoms with Gasteiger partial charge < -0.3 is 21.3 Å². The highest BCUT2D eigenvalue weighted by molar-refractivity contribution is 6.31. The Morgan fingerprint density at radius 2 is 1.29 bits per heavy atom. The van der Waals surface area contributed by atoms with E-state index < -0.39 is 0 Å². The van der Waals surface area contributed by atoms with Gasteiger partial charge in [0.15, 0.2) is 0 Å². The number of rotatable bonds is 6. The van der Waals surface area contributed by atoms with Gasteiger partial charge in [0.05, 0.1) is 0 Å². The van der Waals surface area contributed by atoms with Crippen LogP contribution < -0.4 is 21.3 Å². The molecule has 0 aliphatic carbocycles. The van der Waals surface area contributed by atoms with Gasteiger partial charge in [0.1, 0.15) is 5.82 Å². The lowest BCUT2D eigenvalue weighted by Crippen LogP contribution is -2.19. The molecule has 0 bridgehead atoms. The molecular formula is C26H25ClN6O. The largest absolute Gasteiger partial charge is 0.340 e. The highest BCUT2D eigenvalue weighted by atomic mass is 35.5. The lowest BCUT2D eigenvalue weighted by Gasteiger charge is -2.11. The fourth-order valence-electron chi connectivity index (χ4n) is 3.20. The van der Waals surface area contributed by atoms with E-state index in [4.69, 9.17) is 11.6 Å². The number of halogens is 1. The first kappa shape index (κ1) is 23.1. The summed E-state index contributed by atoms with van der Waals surface area (Å²) in [6, 6.07) is 22.3. The molecule has 0 saturated carbocycles. The smallest absolute Gasteiger partial charge is 0.323 e. The zero-order valence-corrected chi connectivity index (χ0v) is 19.9. The Morgan fingerprint density at radius 1 is 0.706 bits per heavy atom. The number of hydrogen-bond donors (Lipinski definition) is 4. The maximum absolute atomic E-state index is 12.3. The number of anilines is 6. The number of aromatic nitrogens is 2. The molecule has 34 heavy (non-hydrogen) atoms. The van der Waals surface area contributed by atoms with Crippen molar-refractivity contribution in [3.05, 3.63) is 94.6 Å². The van der Waals surface area contributed by atoms with Crippen LogP contribution in [0.3, 0.4) is 0 Å². The van der Waals surface area contributed by atoms with Crippen LogP contribution >= 0.6 is 11.6 Å². The van der Waals surface area contributed by atoms with Crippen molar-refractivity contribution in [3.8, 4) is 0 Å². The van der Waals surface area contributed by atoms with Crippen LogP contribution in [0.2, 0.25) is 5.02 Å². The molecule has 2 amide bonds. The van der Waals surface area contributed by atoms with Gasteiger partial charge in [-0.05, 0) is 74.9 Å². The quantitative estimate of drug-likeness (QED) is 0.238. The number of urea groups is 1. The summed E-state index contributed by atoms with van der Waals surface area (Å²) in [6.07, 6.45) is 0. The molecule has 0 atom stereocenters. The molecule has 7 nitrogen and oxygen atoms in total. The molecule has 4 N–H and O–H groups in total. The summed E-state index contributed by atoms with van der Waals surface area (Å²) < 4.78 is 0. The number of aryl methyl sites for hydroxylation is 3. The van der Waals surface area contributed by atoms with E-state index >= 15 is 0 Å². The second kappa shape index (κ2) is 10.2. The van der Waals surface area contributed by atoms with Gasteiger partial charge in [0, 0.05) is 39.5 Å². The molecule has 0 saturated heterocycles. The van der Waals surface area contributed by atoms with E-state index in [-0.39, 0.29) is 6.03 Å². The van der Waals surface area contributed by atoms with E-state index in [2.05, 4.69) is 31.2 Å². The lowest BCUT2D eigenvalue weighted by atomic mass is 10.2. The van der Waals surface area contributed by atoms with Crippen LogP contribution in [0, 0.1) is 20.8 Å². The molecule has 8 heteroatoms. The number of benzene rings is 3. The molecule has 1 heterocycles. The molecule has 0 unspecified atom stereocenters. The second-order valence-corrected chi connectivity index (χ2v) is 8.36. The van der Waals surface area contributed by atoms with Crippen molar-refractivity contribution in [2.75, 3.05) is 21.3 Å². The summed E-state index contributed by atoms with van der Waals surface area (Å²) >= 11 is 6.11. The van der Waals surface area contributed by atoms with Crippen LogP contribution in [-0.2, 0) is 0 Å². The summed E-state index contributed by atoms with van der Waals surface area (Å²) in [5, 5.41) is 12.7. The van der Waals surface area contributed by atoms with Crippen molar-refractivity contribution in [3.63, 3.8) is 0 Å². The number of carbonyl (C=O) groups is 1. The van der Waals surface area contributed by atoms with Gasteiger partial charge in [-0.3, -0.25) is 0 Å². The Labute approximate surface area is 203 Å². The minimum absolute atomic E-state index is 0.352. The summed E-state index contributed by atoms with van der Waals surface area (Å²) in [6.45, 7) is 5.87. The fourth-order valence-corrected chi connectivity index (χ4v) is 3.38. The Morgan fingerprint density at radius 3 is 2.00 bits per heavy atom. The van der Waals surface area contributed by atoms with E-state index in [1.165, 1.54) is 5.56 Å². The summed E-state index contributed by atoms with van der Waals surface area (Å²) in [5.74, 6) is 1.18. The van der Waals surface area contributed by atoms with Gasteiger partial charge >= 0.3 is 6.03 Å². The van der Waals surface area contributed by atoms with E-state index in [0.29, 0.717) is 28.2 Å². The van der Waals surface area contributed by atoms with Crippen LogP contribution in [0.1, 0.15) is 16.8 Å². The molecule has 3 aromatic carbocycles. The Hall–Kier alpha value is -4.10. The lowest BCUT2D eigenvalue weighted by molar-refractivity contribution is 0.262. The van der Waals surface area contributed by atoms with Crippen molar-refractivity contribution in [1.29, 1.82) is 0 Å². The summed E-state index contributed by atoms with van der Waals surface area (Å²) in [5.41, 5.74) is 6.00. The zero-order chi connectivity index (χ0) is 24.1. The van der Waals surface area contributed by atoms with Gasteiger partial charge in [-0.1, -0.05) is 35.4 Å². The summed E-state index contributed by atoms with van der Waals surface area (Å²) in [7, 11) is 0. The number of nitrogens with zero attached hydrogens (tertiary/aromatic N) is 2. The van der Waals surface area contributed by atoms with Gasteiger partial charge in [0.25, 0.3) is 0 Å². The van der Waals surface area contributed by atoms with Crippen molar-refractivity contribution >= 4 is 52.1 Å². The van der Waals surface area contributed by atoms with E-state index in [1.807, 2.05) is 69.3 Å². The van der Waals surface area contributed by atoms with E-state index in [0.717, 1.165) is 22.6 Å². The SMILES string of the molecule is Cc1ccc(Nc2cc(C)nc(Nc3ccc(NC(=O)Nc4ccc(C)c(Cl)c4)cc3)n2)cc1. The number of amides is 2. The van der Waals surface area contributed by atoms with Crippen molar-refractivity contribution in [2.45, 2.75) is 20.8 Å². The first-order valence-electron chi connectivity index (χ1n) is 10.7. The highest BCUT2D eigenvalue weighted by Gasteiger charge is 2.07. The van der Waals surface area contributed by atoms with E-state index in [1.54, 1.807) is 24.3 Å². The van der Waals surface area contributed by atoms with E-state index in [9.17, 15) is 4.79 Å². The Kier molecular flexibility index (Phi) is 6.94. The standard InChI is InChI=1S/C26H25ClN6O/c1-16-4-7-19(8-5-16)29-24-14-18(3)28-25(33-24)30-20-10-12-21(13-11-20)31-26(34)32-22-9-6-17(2)23(27)15-22/h4-15H,1-3H3,(H2,31,32,34)(H2,28,29,30,33). The molecule has 4 aromatic rings. The van der Waals surface area contributed by atoms with Crippen molar-refractivity contribution < 1.29 is 4.79 Å². The molecule has 4 rings (SSSR count). The topological polar surface area (TPSA) is 91.0 Å². The normalized spacial score (nSPS) is 10.5. The predicted octanol–water partition coefficient (Wildman–Crippen LogP) is 7.19. The maximum atomic E-state index is 12.3. The molecule has 1 aromatic heterocycles. The van der Waals surface area contributed by atoms with Crippen LogP contribution in [-0.4, -0.2) is 16.0 Å². The monoisotopic (exact) mass is 472 g/mol. The molecule has 0 spiro atoms. The van der Waals surface area contributed by atoms with Gasteiger partial charge in [0.2, 0.25) is 5.95 Å². The fraction of sp³-hybridized carbons (Fsp3) is 0.115. The van der Waals surface area contributed by atoms with Gasteiger partial charge in [-0.25, -0.2) is 9.78 Å². The van der Waals surface area contributed by atoms with Crippen molar-refractivity contribution in [2.24, 2.45) is 0 Å². The van der Waals surface area contributed by atoms with Crippen LogP contribution in [0.15, 0.2) is 72.8 Å². The third kappa shape index (κ3) is 6.24. The van der Waals surface area contributed by atoms with Crippen LogP contribution in [0.4, 0.5) is 39.3 Å². The average molecular weight is 473 g/mol. The van der Waals surface area contributed by atoms with Crippen LogP contribution in [0.25, 0.3) is 0 Å². The van der Waals surface area contributed by atoms with Crippen molar-refractivity contribution in [1.82, 2.24) is 9.97 Å². The second-order valence-electron chi connectivity index (χ2n) is 7.95. The molecule has 0 aliphatic rings. The number of carbonyl (C=O) groups excluding carboxylic acids is 1. The molecule has 172 valence electrons. The highest BCUT2D eigenvalue weighted by Crippen LogP contribution is 2.22. The average Bonchev–Trinajstić information content (AvgIpc) is 2.79. The zero-order valence-electron chi connectivity index (χ0n) is 19.1. The molecule has 0 fully saturated rings. The Bertz CT molecular complexity index is 1310. The first-order valence-corrected chi connectivity index (χ1v) is 11.1. The third-order valence-electron chi connectivity index (χ3n) is 5.01. The molecular weight excluding hydrogens is 448 g/mol. The minimum Gasteiger partial charge on any atom is -0.340 e. The minimum atomic E-state index is -0.352. The number of nitrogens with one attached hydrogen (secondary N) is 4. The van der Waals surface area contributed by atoms with Crippen LogP contribution in [0.5, 0.6) is 0 Å². The third-order valence-corrected chi connectivity index (χ3v) is 5.41.